The number of nitrogens with one attached hydrogen (secondary N) is 1. The molecule has 2 aromatic carbocycles. The normalized spacial score (nSPS) is 21.3. The zero-order chi connectivity index (χ0) is 21.1. The van der Waals surface area contributed by atoms with Crippen LogP contribution in [0.4, 0.5) is 0 Å². The van der Waals surface area contributed by atoms with Gasteiger partial charge in [-0.1, -0.05) is 62.2 Å². The van der Waals surface area contributed by atoms with Crippen molar-refractivity contribution < 1.29 is 18.8 Å². The van der Waals surface area contributed by atoms with Gasteiger partial charge >= 0.3 is 5.97 Å². The summed E-state index contributed by atoms with van der Waals surface area (Å²) in [5.41, 5.74) is 1.89. The molecule has 1 amide bonds. The molecule has 3 atom stereocenters. The van der Waals surface area contributed by atoms with Crippen molar-refractivity contribution in [2.75, 3.05) is 6.61 Å². The van der Waals surface area contributed by atoms with Gasteiger partial charge in [-0.25, -0.2) is 4.79 Å². The Morgan fingerprint density at radius 1 is 1.13 bits per heavy atom. The predicted molar refractivity (Wildman–Crippen MR) is 114 cm³/mol. The van der Waals surface area contributed by atoms with Crippen molar-refractivity contribution in [1.82, 2.24) is 10.5 Å². The number of hydrogen-bond donors (Lipinski definition) is 1. The monoisotopic (exact) mass is 406 g/mol. The predicted octanol–water partition coefficient (Wildman–Crippen LogP) is 4.59. The van der Waals surface area contributed by atoms with Crippen LogP contribution < -0.4 is 5.32 Å². The van der Waals surface area contributed by atoms with Gasteiger partial charge in [0.1, 0.15) is 5.52 Å². The first-order valence-corrected chi connectivity index (χ1v) is 10.4. The second-order valence-corrected chi connectivity index (χ2v) is 8.13. The summed E-state index contributed by atoms with van der Waals surface area (Å²) >= 11 is 0. The Hall–Kier alpha value is -3.15. The van der Waals surface area contributed by atoms with Gasteiger partial charge in [0, 0.05) is 11.6 Å². The molecule has 4 rings (SSSR count). The maximum atomic E-state index is 12.5. The Bertz CT molecular complexity index is 1040. The van der Waals surface area contributed by atoms with Crippen molar-refractivity contribution in [3.8, 4) is 11.3 Å². The van der Waals surface area contributed by atoms with Gasteiger partial charge in [0.25, 0.3) is 5.91 Å². The van der Waals surface area contributed by atoms with E-state index in [9.17, 15) is 9.59 Å². The summed E-state index contributed by atoms with van der Waals surface area (Å²) in [6.45, 7) is 4.09. The van der Waals surface area contributed by atoms with Gasteiger partial charge in [-0.15, -0.1) is 0 Å². The standard InChI is InChI=1S/C24H26N2O4/c1-15-7-6-10-20(16(15)2)25-22(27)14-29-24(28)18-11-12-21-19(13-18)23(30-26-21)17-8-4-3-5-9-17/h3-5,8-9,11-13,15-16,20H,6-7,10,14H2,1-2H3,(H,25,27)/t15-,16-,20-/m1/s1. The van der Waals surface area contributed by atoms with Crippen LogP contribution in [0.3, 0.4) is 0 Å². The summed E-state index contributed by atoms with van der Waals surface area (Å²) in [7, 11) is 0. The van der Waals surface area contributed by atoms with Crippen molar-refractivity contribution >= 4 is 22.8 Å². The van der Waals surface area contributed by atoms with Crippen LogP contribution in [-0.4, -0.2) is 29.7 Å². The lowest BCUT2D eigenvalue weighted by molar-refractivity contribution is -0.125. The summed E-state index contributed by atoms with van der Waals surface area (Å²) in [5, 5.41) is 7.80. The average Bonchev–Trinajstić information content (AvgIpc) is 3.19. The molecule has 30 heavy (non-hydrogen) atoms. The van der Waals surface area contributed by atoms with E-state index >= 15 is 0 Å². The van der Waals surface area contributed by atoms with Crippen LogP contribution in [0, 0.1) is 11.8 Å². The second kappa shape index (κ2) is 8.69. The number of aromatic nitrogens is 1. The minimum atomic E-state index is -0.544. The Morgan fingerprint density at radius 3 is 2.73 bits per heavy atom. The maximum absolute atomic E-state index is 12.5. The molecule has 1 saturated carbocycles. The van der Waals surface area contributed by atoms with E-state index in [-0.39, 0.29) is 18.6 Å². The molecule has 0 bridgehead atoms. The molecule has 0 spiro atoms. The highest BCUT2D eigenvalue weighted by Gasteiger charge is 2.28. The molecule has 1 aliphatic rings. The fourth-order valence-corrected chi connectivity index (χ4v) is 4.11. The second-order valence-electron chi connectivity index (χ2n) is 8.13. The number of amides is 1. The zero-order valence-electron chi connectivity index (χ0n) is 17.3. The maximum Gasteiger partial charge on any atom is 0.338 e. The van der Waals surface area contributed by atoms with Crippen LogP contribution in [0.2, 0.25) is 0 Å². The van der Waals surface area contributed by atoms with Crippen LogP contribution in [0.1, 0.15) is 43.5 Å². The van der Waals surface area contributed by atoms with Gasteiger partial charge in [0.15, 0.2) is 12.4 Å². The summed E-state index contributed by atoms with van der Waals surface area (Å²) in [6.07, 6.45) is 3.27. The molecule has 6 heteroatoms. The fourth-order valence-electron chi connectivity index (χ4n) is 4.11. The third kappa shape index (κ3) is 4.22. The van der Waals surface area contributed by atoms with Gasteiger partial charge in [-0.05, 0) is 36.5 Å². The van der Waals surface area contributed by atoms with Crippen molar-refractivity contribution in [1.29, 1.82) is 0 Å². The van der Waals surface area contributed by atoms with Crippen molar-refractivity contribution in [2.24, 2.45) is 11.8 Å². The highest BCUT2D eigenvalue weighted by Crippen LogP contribution is 2.30. The summed E-state index contributed by atoms with van der Waals surface area (Å²) in [4.78, 5) is 24.8. The largest absolute Gasteiger partial charge is 0.452 e. The Labute approximate surface area is 175 Å². The lowest BCUT2D eigenvalue weighted by Gasteiger charge is -2.34. The first-order chi connectivity index (χ1) is 14.5. The van der Waals surface area contributed by atoms with Crippen LogP contribution >= 0.6 is 0 Å². The van der Waals surface area contributed by atoms with Gasteiger partial charge in [-0.2, -0.15) is 0 Å². The minimum Gasteiger partial charge on any atom is -0.452 e. The molecule has 0 aliphatic heterocycles. The van der Waals surface area contributed by atoms with Gasteiger partial charge in [0.2, 0.25) is 0 Å². The molecule has 156 valence electrons. The van der Waals surface area contributed by atoms with E-state index in [1.165, 1.54) is 6.42 Å². The quantitative estimate of drug-likeness (QED) is 0.627. The van der Waals surface area contributed by atoms with Crippen LogP contribution in [0.5, 0.6) is 0 Å². The molecule has 1 heterocycles. The molecule has 3 aromatic rings. The minimum absolute atomic E-state index is 0.140. The Balaban J connectivity index is 1.41. The fraction of sp³-hybridized carbons (Fsp3) is 0.375. The van der Waals surface area contributed by atoms with E-state index in [2.05, 4.69) is 24.3 Å². The number of benzene rings is 2. The van der Waals surface area contributed by atoms with E-state index in [4.69, 9.17) is 9.26 Å². The molecule has 0 radical (unpaired) electrons. The smallest absolute Gasteiger partial charge is 0.338 e. The molecular weight excluding hydrogens is 380 g/mol. The summed E-state index contributed by atoms with van der Waals surface area (Å²) in [6, 6.07) is 14.8. The topological polar surface area (TPSA) is 81.4 Å². The Morgan fingerprint density at radius 2 is 1.93 bits per heavy atom. The molecule has 0 saturated heterocycles. The first kappa shape index (κ1) is 20.1. The zero-order valence-corrected chi connectivity index (χ0v) is 17.3. The highest BCUT2D eigenvalue weighted by molar-refractivity contribution is 5.99. The van der Waals surface area contributed by atoms with E-state index in [1.807, 2.05) is 30.3 Å². The molecule has 6 nitrogen and oxygen atoms in total. The highest BCUT2D eigenvalue weighted by atomic mass is 16.5. The lowest BCUT2D eigenvalue weighted by Crippen LogP contribution is -2.45. The molecular formula is C24H26N2O4. The van der Waals surface area contributed by atoms with Crippen molar-refractivity contribution in [3.63, 3.8) is 0 Å². The number of fused-ring (bicyclic) bond motifs is 1. The molecule has 1 fully saturated rings. The molecule has 0 unspecified atom stereocenters. The first-order valence-electron chi connectivity index (χ1n) is 10.4. The van der Waals surface area contributed by atoms with Crippen LogP contribution in [-0.2, 0) is 9.53 Å². The molecule has 1 aromatic heterocycles. The van der Waals surface area contributed by atoms with Crippen LogP contribution in [0.15, 0.2) is 53.1 Å². The number of rotatable bonds is 5. The Kier molecular flexibility index (Phi) is 5.84. The SMILES string of the molecule is C[C@@H]1[C@H](C)CCC[C@H]1NC(=O)COC(=O)c1ccc2noc(-c3ccccc3)c2c1. The van der Waals surface area contributed by atoms with Gasteiger partial charge in [-0.3, -0.25) is 4.79 Å². The van der Waals surface area contributed by atoms with E-state index < -0.39 is 5.97 Å². The van der Waals surface area contributed by atoms with E-state index in [1.54, 1.807) is 18.2 Å². The summed E-state index contributed by atoms with van der Waals surface area (Å²) in [5.74, 6) is 0.799. The van der Waals surface area contributed by atoms with E-state index in [0.29, 0.717) is 28.7 Å². The molecule has 1 N–H and O–H groups in total. The number of esters is 1. The number of carbonyl (C=O) groups is 2. The number of hydrogen-bond acceptors (Lipinski definition) is 5. The third-order valence-electron chi connectivity index (χ3n) is 6.14. The number of ether oxygens (including phenoxy) is 1. The van der Waals surface area contributed by atoms with Crippen molar-refractivity contribution in [2.45, 2.75) is 39.2 Å². The summed E-state index contributed by atoms with van der Waals surface area (Å²) < 4.78 is 10.7. The van der Waals surface area contributed by atoms with E-state index in [0.717, 1.165) is 23.8 Å². The lowest BCUT2D eigenvalue weighted by atomic mass is 9.78. The third-order valence-corrected chi connectivity index (χ3v) is 6.14. The number of carbonyl (C=O) groups excluding carboxylic acids is 2. The average molecular weight is 406 g/mol. The molecule has 1 aliphatic carbocycles. The van der Waals surface area contributed by atoms with Gasteiger partial charge < -0.3 is 14.6 Å². The van der Waals surface area contributed by atoms with Crippen LogP contribution in [0.25, 0.3) is 22.2 Å². The van der Waals surface area contributed by atoms with Crippen molar-refractivity contribution in [3.05, 3.63) is 54.1 Å². The van der Waals surface area contributed by atoms with Gasteiger partial charge in [0.05, 0.1) is 10.9 Å². The number of nitrogens with zero attached hydrogens (tertiary/aromatic N) is 1.